The summed E-state index contributed by atoms with van der Waals surface area (Å²) in [6.07, 6.45) is 0. The zero-order valence-electron chi connectivity index (χ0n) is 6.07. The highest BCUT2D eigenvalue weighted by atomic mass is 79.9. The zero-order chi connectivity index (χ0) is 8.27. The van der Waals surface area contributed by atoms with Gasteiger partial charge in [0, 0.05) is 0 Å². The van der Waals surface area contributed by atoms with E-state index in [2.05, 4.69) is 25.9 Å². The van der Waals surface area contributed by atoms with Crippen molar-refractivity contribution in [2.75, 3.05) is 0 Å². The third-order valence-electron chi connectivity index (χ3n) is 0.944. The Balaban J connectivity index is 0.00000121. The average molecular weight is 252 g/mol. The van der Waals surface area contributed by atoms with E-state index >= 15 is 0 Å². The van der Waals surface area contributed by atoms with Crippen molar-refractivity contribution in [2.24, 2.45) is 16.5 Å². The summed E-state index contributed by atoms with van der Waals surface area (Å²) < 4.78 is 0.708. The maximum Gasteiger partial charge on any atom is 0.192 e. The molecule has 1 aromatic heterocycles. The highest BCUT2D eigenvalue weighted by molar-refractivity contribution is 9.10. The Kier molecular flexibility index (Phi) is 4.61. The molecule has 0 aliphatic carbocycles. The summed E-state index contributed by atoms with van der Waals surface area (Å²) in [4.78, 5) is 7.73. The van der Waals surface area contributed by atoms with Gasteiger partial charge in [-0.25, -0.2) is 4.98 Å². The van der Waals surface area contributed by atoms with Crippen molar-refractivity contribution in [1.82, 2.24) is 4.98 Å². The van der Waals surface area contributed by atoms with E-state index in [1.165, 1.54) is 0 Å². The quantitative estimate of drug-likeness (QED) is 0.447. The van der Waals surface area contributed by atoms with Gasteiger partial charge in [-0.3, -0.25) is 0 Å². The Morgan fingerprint density at radius 1 is 1.42 bits per heavy atom. The van der Waals surface area contributed by atoms with Gasteiger partial charge in [-0.1, -0.05) is 6.07 Å². The molecule has 12 heavy (non-hydrogen) atoms. The van der Waals surface area contributed by atoms with Crippen LogP contribution in [0.15, 0.2) is 27.8 Å². The second-order valence-electron chi connectivity index (χ2n) is 1.86. The van der Waals surface area contributed by atoms with Crippen LogP contribution in [0.2, 0.25) is 0 Å². The maximum absolute atomic E-state index is 5.15. The number of nitrogens with two attached hydrogens (primary N) is 2. The molecule has 0 unspecified atom stereocenters. The summed E-state index contributed by atoms with van der Waals surface area (Å²) in [7, 11) is 0. The second-order valence-corrected chi connectivity index (χ2v) is 2.67. The first-order valence-electron chi connectivity index (χ1n) is 2.90. The lowest BCUT2D eigenvalue weighted by Gasteiger charge is -1.93. The molecular formula is C6H8BrClN4. The van der Waals surface area contributed by atoms with Gasteiger partial charge in [0.1, 0.15) is 4.60 Å². The molecule has 66 valence electrons. The Labute approximate surface area is 84.6 Å². The van der Waals surface area contributed by atoms with Gasteiger partial charge in [-0.05, 0) is 28.1 Å². The maximum atomic E-state index is 5.15. The number of halogens is 2. The number of rotatable bonds is 1. The van der Waals surface area contributed by atoms with Crippen molar-refractivity contribution in [3.63, 3.8) is 0 Å². The average Bonchev–Trinajstić information content (AvgIpc) is 1.85. The minimum Gasteiger partial charge on any atom is -0.370 e. The van der Waals surface area contributed by atoms with Gasteiger partial charge < -0.3 is 11.5 Å². The molecule has 0 radical (unpaired) electrons. The van der Waals surface area contributed by atoms with Crippen LogP contribution in [-0.4, -0.2) is 10.9 Å². The molecule has 4 N–H and O–H groups in total. The van der Waals surface area contributed by atoms with Crippen LogP contribution in [0, 0.1) is 0 Å². The van der Waals surface area contributed by atoms with Crippen LogP contribution in [0.5, 0.6) is 0 Å². The SMILES string of the molecule is Cl.NC(N)=Nc1cccc(Br)n1. The summed E-state index contributed by atoms with van der Waals surface area (Å²) >= 11 is 3.19. The molecule has 4 nitrogen and oxygen atoms in total. The van der Waals surface area contributed by atoms with Crippen molar-refractivity contribution in [3.05, 3.63) is 22.8 Å². The van der Waals surface area contributed by atoms with Gasteiger partial charge in [0.2, 0.25) is 0 Å². The predicted octanol–water partition coefficient (Wildman–Crippen LogP) is 1.17. The van der Waals surface area contributed by atoms with Gasteiger partial charge in [0.25, 0.3) is 0 Å². The molecule has 0 saturated carbocycles. The van der Waals surface area contributed by atoms with Crippen LogP contribution >= 0.6 is 28.3 Å². The van der Waals surface area contributed by atoms with E-state index in [1.54, 1.807) is 18.2 Å². The van der Waals surface area contributed by atoms with Crippen molar-refractivity contribution < 1.29 is 0 Å². The van der Waals surface area contributed by atoms with Crippen molar-refractivity contribution in [1.29, 1.82) is 0 Å². The summed E-state index contributed by atoms with van der Waals surface area (Å²) in [5.41, 5.74) is 10.3. The number of pyridine rings is 1. The number of hydrogen-bond acceptors (Lipinski definition) is 2. The number of guanidine groups is 1. The second kappa shape index (κ2) is 4.95. The van der Waals surface area contributed by atoms with E-state index in [1.807, 2.05) is 0 Å². The van der Waals surface area contributed by atoms with Crippen molar-refractivity contribution >= 4 is 40.1 Å². The summed E-state index contributed by atoms with van der Waals surface area (Å²) in [6, 6.07) is 5.31. The van der Waals surface area contributed by atoms with Crippen molar-refractivity contribution in [2.45, 2.75) is 0 Å². The fraction of sp³-hybridized carbons (Fsp3) is 0. The fourth-order valence-electron chi connectivity index (χ4n) is 0.592. The Morgan fingerprint density at radius 3 is 2.58 bits per heavy atom. The van der Waals surface area contributed by atoms with Crippen LogP contribution in [0.1, 0.15) is 0 Å². The van der Waals surface area contributed by atoms with E-state index in [0.29, 0.717) is 10.4 Å². The molecule has 1 rings (SSSR count). The molecule has 0 spiro atoms. The molecule has 0 aliphatic heterocycles. The van der Waals surface area contributed by atoms with Crippen LogP contribution in [0.3, 0.4) is 0 Å². The third kappa shape index (κ3) is 3.54. The number of hydrogen-bond donors (Lipinski definition) is 2. The monoisotopic (exact) mass is 250 g/mol. The lowest BCUT2D eigenvalue weighted by Crippen LogP contribution is -2.22. The van der Waals surface area contributed by atoms with Gasteiger partial charge in [-0.15, -0.1) is 12.4 Å². The molecule has 0 aromatic carbocycles. The molecule has 6 heteroatoms. The first-order chi connectivity index (χ1) is 5.18. The third-order valence-corrected chi connectivity index (χ3v) is 1.39. The van der Waals surface area contributed by atoms with E-state index in [4.69, 9.17) is 11.5 Å². The van der Waals surface area contributed by atoms with E-state index < -0.39 is 0 Å². The van der Waals surface area contributed by atoms with Gasteiger partial charge in [-0.2, -0.15) is 4.99 Å². The Hall–Kier alpha value is -0.810. The molecule has 1 aromatic rings. The number of nitrogens with zero attached hydrogens (tertiary/aromatic N) is 2. The molecule has 0 amide bonds. The molecule has 0 fully saturated rings. The summed E-state index contributed by atoms with van der Waals surface area (Å²) in [5, 5.41) is 0. The van der Waals surface area contributed by atoms with E-state index in [9.17, 15) is 0 Å². The molecule has 0 atom stereocenters. The molecule has 1 heterocycles. The van der Waals surface area contributed by atoms with Crippen LogP contribution in [0.25, 0.3) is 0 Å². The predicted molar refractivity (Wildman–Crippen MR) is 54.7 cm³/mol. The largest absolute Gasteiger partial charge is 0.370 e. The van der Waals surface area contributed by atoms with E-state index in [0.717, 1.165) is 0 Å². The minimum absolute atomic E-state index is 0. The topological polar surface area (TPSA) is 77.3 Å². The normalized spacial score (nSPS) is 8.42. The first kappa shape index (κ1) is 11.2. The van der Waals surface area contributed by atoms with Gasteiger partial charge >= 0.3 is 0 Å². The summed E-state index contributed by atoms with van der Waals surface area (Å²) in [6.45, 7) is 0. The van der Waals surface area contributed by atoms with Crippen LogP contribution in [0.4, 0.5) is 5.82 Å². The van der Waals surface area contributed by atoms with Crippen LogP contribution in [-0.2, 0) is 0 Å². The molecule has 0 saturated heterocycles. The Bertz CT molecular complexity index is 285. The zero-order valence-corrected chi connectivity index (χ0v) is 8.47. The molecular weight excluding hydrogens is 243 g/mol. The van der Waals surface area contributed by atoms with Crippen molar-refractivity contribution in [3.8, 4) is 0 Å². The highest BCUT2D eigenvalue weighted by Crippen LogP contribution is 2.11. The molecule has 0 bridgehead atoms. The standard InChI is InChI=1S/C6H7BrN4.ClH/c7-4-2-1-3-5(10-4)11-6(8)9;/h1-3H,(H4,8,9,10,11);1H. The van der Waals surface area contributed by atoms with Gasteiger partial charge in [0.05, 0.1) is 0 Å². The molecule has 0 aliphatic rings. The lowest BCUT2D eigenvalue weighted by atomic mass is 10.5. The smallest absolute Gasteiger partial charge is 0.192 e. The van der Waals surface area contributed by atoms with Crippen LogP contribution < -0.4 is 11.5 Å². The highest BCUT2D eigenvalue weighted by Gasteiger charge is 1.91. The van der Waals surface area contributed by atoms with E-state index in [-0.39, 0.29) is 18.4 Å². The minimum atomic E-state index is 0. The first-order valence-corrected chi connectivity index (χ1v) is 3.70. The summed E-state index contributed by atoms with van der Waals surface area (Å²) in [5.74, 6) is 0.509. The number of aromatic nitrogens is 1. The Morgan fingerprint density at radius 2 is 2.08 bits per heavy atom. The fourth-order valence-corrected chi connectivity index (χ4v) is 0.926. The van der Waals surface area contributed by atoms with Gasteiger partial charge in [0.15, 0.2) is 11.8 Å². The number of aliphatic imine (C=N–C) groups is 1. The lowest BCUT2D eigenvalue weighted by molar-refractivity contribution is 1.22.